The van der Waals surface area contributed by atoms with E-state index in [9.17, 15) is 9.59 Å². The summed E-state index contributed by atoms with van der Waals surface area (Å²) in [7, 11) is 0. The molecule has 2 atom stereocenters. The Bertz CT molecular complexity index is 913. The van der Waals surface area contributed by atoms with E-state index in [4.69, 9.17) is 0 Å². The largest absolute Gasteiger partial charge is 0.345 e. The number of nitrogens with zero attached hydrogens (tertiary/aromatic N) is 3. The Balaban J connectivity index is 1.47. The molecule has 2 unspecified atom stereocenters. The van der Waals surface area contributed by atoms with Crippen LogP contribution in [0.2, 0.25) is 0 Å². The highest BCUT2D eigenvalue weighted by atomic mass is 16.2. The van der Waals surface area contributed by atoms with Gasteiger partial charge in [0.05, 0.1) is 11.9 Å². The SMILES string of the molecule is Cc1ccc(C(=O)NC23CCCC(NC(=O)c4cncc(C)n4)(CC2)C3)nc1. The fourth-order valence-electron chi connectivity index (χ4n) is 4.62. The molecule has 2 saturated carbocycles. The van der Waals surface area contributed by atoms with Crippen LogP contribution in [0, 0.1) is 13.8 Å². The molecule has 2 fully saturated rings. The Morgan fingerprint density at radius 3 is 2.18 bits per heavy atom. The first-order valence-electron chi connectivity index (χ1n) is 9.75. The number of hydrogen-bond acceptors (Lipinski definition) is 5. The van der Waals surface area contributed by atoms with Gasteiger partial charge in [-0.05, 0) is 64.0 Å². The molecule has 0 radical (unpaired) electrons. The van der Waals surface area contributed by atoms with Crippen molar-refractivity contribution in [2.24, 2.45) is 0 Å². The lowest BCUT2D eigenvalue weighted by Gasteiger charge is -2.40. The van der Waals surface area contributed by atoms with Gasteiger partial charge in [0.2, 0.25) is 0 Å². The van der Waals surface area contributed by atoms with Gasteiger partial charge >= 0.3 is 0 Å². The number of fused-ring (bicyclic) bond motifs is 2. The normalized spacial score (nSPS) is 25.9. The molecule has 0 aromatic carbocycles. The summed E-state index contributed by atoms with van der Waals surface area (Å²) in [6, 6.07) is 3.65. The maximum atomic E-state index is 12.7. The minimum absolute atomic E-state index is 0.145. The van der Waals surface area contributed by atoms with Crippen LogP contribution in [0.25, 0.3) is 0 Å². The molecule has 2 aromatic heterocycles. The molecule has 2 bridgehead atoms. The number of hydrogen-bond donors (Lipinski definition) is 2. The predicted octanol–water partition coefficient (Wildman–Crippen LogP) is 2.49. The molecule has 146 valence electrons. The number of amides is 2. The molecular formula is C21H25N5O2. The number of aromatic nitrogens is 3. The zero-order chi connectivity index (χ0) is 19.8. The average molecular weight is 379 g/mol. The molecular weight excluding hydrogens is 354 g/mol. The summed E-state index contributed by atoms with van der Waals surface area (Å²) in [5.41, 5.74) is 1.93. The van der Waals surface area contributed by atoms with E-state index in [0.717, 1.165) is 44.1 Å². The summed E-state index contributed by atoms with van der Waals surface area (Å²) in [6.07, 6.45) is 10.1. The third-order valence-corrected chi connectivity index (χ3v) is 5.96. The van der Waals surface area contributed by atoms with Gasteiger partial charge in [0, 0.05) is 23.5 Å². The van der Waals surface area contributed by atoms with Crippen molar-refractivity contribution in [2.45, 2.75) is 63.5 Å². The summed E-state index contributed by atoms with van der Waals surface area (Å²) in [5, 5.41) is 6.43. The van der Waals surface area contributed by atoms with Gasteiger partial charge in [0.1, 0.15) is 11.4 Å². The van der Waals surface area contributed by atoms with Crippen LogP contribution < -0.4 is 10.6 Å². The minimum Gasteiger partial charge on any atom is -0.345 e. The monoisotopic (exact) mass is 379 g/mol. The van der Waals surface area contributed by atoms with Gasteiger partial charge < -0.3 is 10.6 Å². The molecule has 7 nitrogen and oxygen atoms in total. The van der Waals surface area contributed by atoms with E-state index in [1.807, 2.05) is 19.9 Å². The van der Waals surface area contributed by atoms with Crippen LogP contribution in [0.4, 0.5) is 0 Å². The molecule has 7 heteroatoms. The second-order valence-electron chi connectivity index (χ2n) is 8.27. The zero-order valence-corrected chi connectivity index (χ0v) is 16.3. The first kappa shape index (κ1) is 18.5. The van der Waals surface area contributed by atoms with Gasteiger partial charge in [0.15, 0.2) is 0 Å². The quantitative estimate of drug-likeness (QED) is 0.851. The van der Waals surface area contributed by atoms with Gasteiger partial charge in [0.25, 0.3) is 11.8 Å². The van der Waals surface area contributed by atoms with Crippen molar-refractivity contribution in [2.75, 3.05) is 0 Å². The fourth-order valence-corrected chi connectivity index (χ4v) is 4.62. The number of carbonyl (C=O) groups excluding carboxylic acids is 2. The Labute approximate surface area is 164 Å². The Kier molecular flexibility index (Phi) is 4.61. The Morgan fingerprint density at radius 1 is 0.893 bits per heavy atom. The summed E-state index contributed by atoms with van der Waals surface area (Å²) in [4.78, 5) is 38.0. The van der Waals surface area contributed by atoms with Gasteiger partial charge in [-0.3, -0.25) is 19.6 Å². The Hall–Kier alpha value is -2.83. The first-order valence-corrected chi connectivity index (χ1v) is 9.75. The van der Waals surface area contributed by atoms with Crippen LogP contribution in [-0.2, 0) is 0 Å². The minimum atomic E-state index is -0.297. The molecule has 2 aliphatic carbocycles. The van der Waals surface area contributed by atoms with E-state index in [1.54, 1.807) is 18.5 Å². The van der Waals surface area contributed by atoms with Crippen LogP contribution >= 0.6 is 0 Å². The van der Waals surface area contributed by atoms with Crippen molar-refractivity contribution in [3.05, 3.63) is 53.4 Å². The van der Waals surface area contributed by atoms with E-state index < -0.39 is 0 Å². The number of aryl methyl sites for hydroxylation is 2. The number of pyridine rings is 1. The maximum absolute atomic E-state index is 12.7. The van der Waals surface area contributed by atoms with Gasteiger partial charge in [-0.25, -0.2) is 4.98 Å². The van der Waals surface area contributed by atoms with E-state index in [1.165, 1.54) is 6.20 Å². The van der Waals surface area contributed by atoms with Crippen LogP contribution in [0.1, 0.15) is 70.8 Å². The number of carbonyl (C=O) groups is 2. The Morgan fingerprint density at radius 2 is 1.57 bits per heavy atom. The second kappa shape index (κ2) is 6.96. The highest BCUT2D eigenvalue weighted by Gasteiger charge is 2.52. The average Bonchev–Trinajstić information content (AvgIpc) is 2.92. The molecule has 0 aliphatic heterocycles. The van der Waals surface area contributed by atoms with Crippen LogP contribution in [0.5, 0.6) is 0 Å². The molecule has 2 aromatic rings. The topological polar surface area (TPSA) is 96.9 Å². The van der Waals surface area contributed by atoms with Gasteiger partial charge in [-0.2, -0.15) is 0 Å². The van der Waals surface area contributed by atoms with E-state index in [2.05, 4.69) is 25.6 Å². The number of rotatable bonds is 4. The molecule has 2 heterocycles. The van der Waals surface area contributed by atoms with Crippen molar-refractivity contribution in [1.82, 2.24) is 25.6 Å². The lowest BCUT2D eigenvalue weighted by atomic mass is 9.78. The van der Waals surface area contributed by atoms with Crippen LogP contribution in [0.3, 0.4) is 0 Å². The van der Waals surface area contributed by atoms with Crippen LogP contribution in [-0.4, -0.2) is 37.8 Å². The molecule has 0 saturated heterocycles. The van der Waals surface area contributed by atoms with Crippen molar-refractivity contribution < 1.29 is 9.59 Å². The van der Waals surface area contributed by atoms with Crippen molar-refractivity contribution >= 4 is 11.8 Å². The van der Waals surface area contributed by atoms with Crippen molar-refractivity contribution in [3.63, 3.8) is 0 Å². The maximum Gasteiger partial charge on any atom is 0.271 e. The second-order valence-corrected chi connectivity index (χ2v) is 8.27. The highest BCUT2D eigenvalue weighted by molar-refractivity contribution is 5.93. The molecule has 28 heavy (non-hydrogen) atoms. The predicted molar refractivity (Wildman–Crippen MR) is 104 cm³/mol. The molecule has 0 spiro atoms. The van der Waals surface area contributed by atoms with E-state index in [-0.39, 0.29) is 22.9 Å². The van der Waals surface area contributed by atoms with E-state index in [0.29, 0.717) is 17.1 Å². The summed E-state index contributed by atoms with van der Waals surface area (Å²) in [6.45, 7) is 3.76. The lowest BCUT2D eigenvalue weighted by Crippen LogP contribution is -2.55. The van der Waals surface area contributed by atoms with Gasteiger partial charge in [-0.15, -0.1) is 0 Å². The zero-order valence-electron chi connectivity index (χ0n) is 16.3. The molecule has 2 N–H and O–H groups in total. The third-order valence-electron chi connectivity index (χ3n) is 5.96. The van der Waals surface area contributed by atoms with E-state index >= 15 is 0 Å². The smallest absolute Gasteiger partial charge is 0.271 e. The van der Waals surface area contributed by atoms with Crippen molar-refractivity contribution in [3.8, 4) is 0 Å². The lowest BCUT2D eigenvalue weighted by molar-refractivity contribution is 0.0826. The first-order chi connectivity index (χ1) is 13.4. The molecule has 2 aliphatic rings. The highest BCUT2D eigenvalue weighted by Crippen LogP contribution is 2.48. The third kappa shape index (κ3) is 3.61. The standard InChI is InChI=1S/C21H25N5O2/c1-14-4-5-16(23-10-14)18(27)25-20-6-3-7-21(13-20,9-8-20)26-19(28)17-12-22-11-15(2)24-17/h4-5,10-12H,3,6-9,13H2,1-2H3,(H,25,27)(H,26,28). The molecule has 4 rings (SSSR count). The summed E-state index contributed by atoms with van der Waals surface area (Å²) >= 11 is 0. The van der Waals surface area contributed by atoms with Crippen molar-refractivity contribution in [1.29, 1.82) is 0 Å². The van der Waals surface area contributed by atoms with Gasteiger partial charge in [-0.1, -0.05) is 6.07 Å². The van der Waals surface area contributed by atoms with Crippen LogP contribution in [0.15, 0.2) is 30.7 Å². The molecule has 2 amide bonds. The summed E-state index contributed by atoms with van der Waals surface area (Å²) in [5.74, 6) is -0.339. The fraction of sp³-hybridized carbons (Fsp3) is 0.476. The number of nitrogens with one attached hydrogen (secondary N) is 2. The summed E-state index contributed by atoms with van der Waals surface area (Å²) < 4.78 is 0.